The molecule has 2 aromatic carbocycles. The molecule has 11 nitrogen and oxygen atoms in total. The van der Waals surface area contributed by atoms with Crippen LogP contribution in [-0.4, -0.2) is 53.1 Å². The first kappa shape index (κ1) is 24.3. The van der Waals surface area contributed by atoms with E-state index in [1.165, 1.54) is 28.5 Å². The number of aromatic nitrogens is 4. The van der Waals surface area contributed by atoms with Gasteiger partial charge in [0.1, 0.15) is 21.5 Å². The van der Waals surface area contributed by atoms with Gasteiger partial charge < -0.3 is 18.9 Å². The maximum atomic E-state index is 12.7. The second kappa shape index (κ2) is 9.70. The molecule has 0 N–H and O–H groups in total. The van der Waals surface area contributed by atoms with Crippen LogP contribution in [0.15, 0.2) is 48.8 Å². The zero-order valence-electron chi connectivity index (χ0n) is 21.0. The number of ether oxygens (including phenoxy) is 4. The van der Waals surface area contributed by atoms with Crippen molar-refractivity contribution in [2.45, 2.75) is 13.2 Å². The van der Waals surface area contributed by atoms with Crippen LogP contribution < -0.4 is 19.1 Å². The normalized spacial score (nSPS) is 14.2. The van der Waals surface area contributed by atoms with E-state index in [1.807, 2.05) is 31.2 Å². The first-order valence-electron chi connectivity index (χ1n) is 11.8. The van der Waals surface area contributed by atoms with Gasteiger partial charge in [-0.3, -0.25) is 4.90 Å². The molecule has 0 saturated heterocycles. The number of nitrogens with zero attached hydrogens (tertiary/aromatic N) is 6. The Morgan fingerprint density at radius 1 is 1.15 bits per heavy atom. The van der Waals surface area contributed by atoms with Gasteiger partial charge in [-0.05, 0) is 48.9 Å². The van der Waals surface area contributed by atoms with Gasteiger partial charge in [0.2, 0.25) is 5.88 Å². The molecule has 3 aromatic heterocycles. The maximum Gasteiger partial charge on any atom is 0.417 e. The first-order chi connectivity index (χ1) is 18.9. The van der Waals surface area contributed by atoms with Gasteiger partial charge in [-0.1, -0.05) is 0 Å². The minimum Gasteiger partial charge on any atom is -0.480 e. The number of amides is 1. The fourth-order valence-corrected chi connectivity index (χ4v) is 5.21. The van der Waals surface area contributed by atoms with Crippen LogP contribution in [-0.2, 0) is 4.74 Å². The van der Waals surface area contributed by atoms with Crippen LogP contribution in [0.2, 0.25) is 0 Å². The summed E-state index contributed by atoms with van der Waals surface area (Å²) in [6.07, 6.45) is 1.41. The Labute approximate surface area is 226 Å². The van der Waals surface area contributed by atoms with Crippen LogP contribution in [0.3, 0.4) is 0 Å². The summed E-state index contributed by atoms with van der Waals surface area (Å²) in [7, 11) is 3.10. The van der Waals surface area contributed by atoms with Crippen molar-refractivity contribution < 1.29 is 23.7 Å². The summed E-state index contributed by atoms with van der Waals surface area (Å²) in [6.45, 7) is 2.00. The predicted molar refractivity (Wildman–Crippen MR) is 143 cm³/mol. The lowest BCUT2D eigenvalue weighted by molar-refractivity contribution is -0.0717. The molecule has 5 aromatic rings. The van der Waals surface area contributed by atoms with Crippen molar-refractivity contribution in [3.8, 4) is 34.0 Å². The standard InChI is InChI=1S/C27H20N6O5S/c1-14-8-17(23-19(9-14)31-21(35-3)12-30-23)26-32-18-6-7-20-24(25(18)39-26)36-13-22(37-20)38-27(34)33(2)16-5-4-15(10-28)29-11-16/h4-9,11-12,22H,13H2,1-3H3/t22-/m1/s1. The lowest BCUT2D eigenvalue weighted by atomic mass is 10.1. The van der Waals surface area contributed by atoms with Crippen molar-refractivity contribution in [2.24, 2.45) is 0 Å². The van der Waals surface area contributed by atoms with Gasteiger partial charge in [0.05, 0.1) is 41.7 Å². The molecule has 1 amide bonds. The number of benzene rings is 2. The summed E-state index contributed by atoms with van der Waals surface area (Å²) in [5.41, 5.74) is 4.80. The maximum absolute atomic E-state index is 12.7. The van der Waals surface area contributed by atoms with Gasteiger partial charge in [0.25, 0.3) is 6.29 Å². The summed E-state index contributed by atoms with van der Waals surface area (Å²) < 4.78 is 23.5. The highest BCUT2D eigenvalue weighted by molar-refractivity contribution is 7.22. The molecule has 12 heteroatoms. The van der Waals surface area contributed by atoms with E-state index in [4.69, 9.17) is 29.2 Å². The monoisotopic (exact) mass is 540 g/mol. The van der Waals surface area contributed by atoms with Crippen molar-refractivity contribution in [1.82, 2.24) is 19.9 Å². The zero-order valence-corrected chi connectivity index (χ0v) is 21.9. The molecule has 1 aliphatic rings. The molecule has 0 unspecified atom stereocenters. The number of hydrogen-bond acceptors (Lipinski definition) is 11. The Bertz CT molecular complexity index is 1780. The second-order valence-corrected chi connectivity index (χ2v) is 9.67. The number of carbonyl (C=O) groups excluding carboxylic acids is 1. The average Bonchev–Trinajstić information content (AvgIpc) is 3.40. The molecular weight excluding hydrogens is 520 g/mol. The lowest BCUT2D eigenvalue weighted by Gasteiger charge is -2.27. The smallest absolute Gasteiger partial charge is 0.417 e. The minimum atomic E-state index is -0.949. The van der Waals surface area contributed by atoms with Gasteiger partial charge >= 0.3 is 6.09 Å². The molecule has 0 bridgehead atoms. The highest BCUT2D eigenvalue weighted by atomic mass is 32.1. The molecule has 0 fully saturated rings. The summed E-state index contributed by atoms with van der Waals surface area (Å²) in [4.78, 5) is 31.8. The second-order valence-electron chi connectivity index (χ2n) is 8.67. The van der Waals surface area contributed by atoms with Gasteiger partial charge in [0, 0.05) is 12.6 Å². The number of anilines is 1. The van der Waals surface area contributed by atoms with Crippen molar-refractivity contribution in [1.29, 1.82) is 5.26 Å². The molecule has 0 radical (unpaired) electrons. The Morgan fingerprint density at radius 2 is 2.03 bits per heavy atom. The Balaban J connectivity index is 1.25. The molecule has 0 aliphatic carbocycles. The predicted octanol–water partition coefficient (Wildman–Crippen LogP) is 4.86. The molecule has 6 rings (SSSR count). The van der Waals surface area contributed by atoms with Crippen LogP contribution in [0.5, 0.6) is 17.4 Å². The number of pyridine rings is 1. The third-order valence-electron chi connectivity index (χ3n) is 6.06. The Hall–Kier alpha value is -5.02. The summed E-state index contributed by atoms with van der Waals surface area (Å²) in [6, 6.07) is 12.6. The molecule has 194 valence electrons. The van der Waals surface area contributed by atoms with E-state index in [-0.39, 0.29) is 12.3 Å². The van der Waals surface area contributed by atoms with E-state index in [0.29, 0.717) is 23.1 Å². The van der Waals surface area contributed by atoms with Crippen LogP contribution in [0.25, 0.3) is 31.8 Å². The quantitative estimate of drug-likeness (QED) is 0.311. The highest BCUT2D eigenvalue weighted by Gasteiger charge is 2.29. The number of carbonyl (C=O) groups is 1. The van der Waals surface area contributed by atoms with Crippen molar-refractivity contribution in [3.63, 3.8) is 0 Å². The lowest BCUT2D eigenvalue weighted by Crippen LogP contribution is -2.38. The topological polar surface area (TPSA) is 133 Å². The zero-order chi connectivity index (χ0) is 27.1. The van der Waals surface area contributed by atoms with E-state index in [1.54, 1.807) is 32.5 Å². The third kappa shape index (κ3) is 4.49. The van der Waals surface area contributed by atoms with Gasteiger partial charge in [-0.25, -0.2) is 24.7 Å². The third-order valence-corrected chi connectivity index (χ3v) is 7.17. The molecule has 39 heavy (non-hydrogen) atoms. The van der Waals surface area contributed by atoms with Crippen molar-refractivity contribution in [3.05, 3.63) is 60.0 Å². The van der Waals surface area contributed by atoms with Crippen LogP contribution >= 0.6 is 11.3 Å². The van der Waals surface area contributed by atoms with E-state index in [9.17, 15) is 4.79 Å². The van der Waals surface area contributed by atoms with Crippen molar-refractivity contribution >= 4 is 44.4 Å². The fraction of sp³-hybridized carbons (Fsp3) is 0.185. The largest absolute Gasteiger partial charge is 0.480 e. The van der Waals surface area contributed by atoms with E-state index >= 15 is 0 Å². The fourth-order valence-electron chi connectivity index (χ4n) is 4.14. The SMILES string of the molecule is COc1cnc2c(-c3nc4ccc5c(c4s3)OC[C@@H](OC(=O)N(C)c3ccc(C#N)nc3)O5)cc(C)cc2n1. The summed E-state index contributed by atoms with van der Waals surface area (Å²) in [5, 5.41) is 9.67. The van der Waals surface area contributed by atoms with E-state index < -0.39 is 12.4 Å². The number of nitriles is 1. The number of rotatable bonds is 4. The van der Waals surface area contributed by atoms with Crippen LogP contribution in [0.4, 0.5) is 10.5 Å². The minimum absolute atomic E-state index is 0.00317. The van der Waals surface area contributed by atoms with Gasteiger partial charge in [-0.15, -0.1) is 11.3 Å². The molecule has 1 aliphatic heterocycles. The summed E-state index contributed by atoms with van der Waals surface area (Å²) >= 11 is 1.46. The average molecular weight is 541 g/mol. The van der Waals surface area contributed by atoms with E-state index in [2.05, 4.69) is 15.0 Å². The number of thiazole rings is 1. The number of hydrogen-bond donors (Lipinski definition) is 0. The van der Waals surface area contributed by atoms with Crippen LogP contribution in [0, 0.1) is 18.3 Å². The molecular formula is C27H20N6O5S. The van der Waals surface area contributed by atoms with Crippen LogP contribution in [0.1, 0.15) is 11.3 Å². The molecule has 4 heterocycles. The molecule has 0 saturated carbocycles. The Kier molecular flexibility index (Phi) is 6.05. The Morgan fingerprint density at radius 3 is 2.79 bits per heavy atom. The van der Waals surface area contributed by atoms with Gasteiger partial charge in [-0.2, -0.15) is 5.26 Å². The number of methoxy groups -OCH3 is 1. The van der Waals surface area contributed by atoms with Gasteiger partial charge in [0.15, 0.2) is 18.1 Å². The summed E-state index contributed by atoms with van der Waals surface area (Å²) in [5.74, 6) is 1.43. The first-order valence-corrected chi connectivity index (χ1v) is 12.6. The van der Waals surface area contributed by atoms with E-state index in [0.717, 1.165) is 37.4 Å². The molecule has 1 atom stereocenters. The van der Waals surface area contributed by atoms with Crippen molar-refractivity contribution in [2.75, 3.05) is 25.7 Å². The number of fused-ring (bicyclic) bond motifs is 4. The highest BCUT2D eigenvalue weighted by Crippen LogP contribution is 2.44. The molecule has 0 spiro atoms. The number of aryl methyl sites for hydroxylation is 1.